The average Bonchev–Trinajstić information content (AvgIpc) is 3.13. The highest BCUT2D eigenvalue weighted by Gasteiger charge is 2.31. The Morgan fingerprint density at radius 1 is 1.22 bits per heavy atom. The topological polar surface area (TPSA) is 142 Å². The molecule has 1 fully saturated rings. The zero-order chi connectivity index (χ0) is 26.6. The van der Waals surface area contributed by atoms with Gasteiger partial charge in [0.15, 0.2) is 17.2 Å². The van der Waals surface area contributed by atoms with Crippen molar-refractivity contribution in [2.24, 2.45) is 5.92 Å². The molecule has 0 bridgehead atoms. The van der Waals surface area contributed by atoms with Crippen molar-refractivity contribution >= 4 is 56.9 Å². The molecular formula is C24H27BrN2O8S. The van der Waals surface area contributed by atoms with Gasteiger partial charge in [-0.2, -0.15) is 0 Å². The van der Waals surface area contributed by atoms with Gasteiger partial charge in [0.05, 0.1) is 15.3 Å². The van der Waals surface area contributed by atoms with Crippen LogP contribution in [0.25, 0.3) is 10.4 Å². The van der Waals surface area contributed by atoms with Crippen LogP contribution in [0, 0.1) is 5.92 Å². The van der Waals surface area contributed by atoms with E-state index in [1.165, 1.54) is 0 Å². The first-order valence-electron chi connectivity index (χ1n) is 11.1. The molecule has 3 N–H and O–H groups in total. The van der Waals surface area contributed by atoms with Gasteiger partial charge in [0.25, 0.3) is 0 Å². The van der Waals surface area contributed by atoms with E-state index in [0.717, 1.165) is 11.3 Å². The van der Waals surface area contributed by atoms with Crippen LogP contribution in [0.1, 0.15) is 43.3 Å². The molecule has 0 spiro atoms. The summed E-state index contributed by atoms with van der Waals surface area (Å²) in [7, 11) is 0. The third-order valence-electron chi connectivity index (χ3n) is 5.18. The van der Waals surface area contributed by atoms with E-state index in [-0.39, 0.29) is 23.1 Å². The second-order valence-electron chi connectivity index (χ2n) is 9.23. The van der Waals surface area contributed by atoms with Gasteiger partial charge in [-0.05, 0) is 67.2 Å². The Morgan fingerprint density at radius 2 is 1.94 bits per heavy atom. The summed E-state index contributed by atoms with van der Waals surface area (Å²) in [5, 5.41) is 21.3. The quantitative estimate of drug-likeness (QED) is 0.417. The van der Waals surface area contributed by atoms with Crippen LogP contribution >= 0.6 is 27.3 Å². The molecule has 0 aliphatic carbocycles. The van der Waals surface area contributed by atoms with Crippen molar-refractivity contribution < 1.29 is 38.9 Å². The predicted molar refractivity (Wildman–Crippen MR) is 137 cm³/mol. The van der Waals surface area contributed by atoms with E-state index >= 15 is 0 Å². The normalized spacial score (nSPS) is 15.8. The molecule has 1 unspecified atom stereocenters. The molecule has 2 heterocycles. The van der Waals surface area contributed by atoms with Crippen molar-refractivity contribution in [1.29, 1.82) is 0 Å². The highest BCUT2D eigenvalue weighted by atomic mass is 79.9. The van der Waals surface area contributed by atoms with Crippen LogP contribution in [0.2, 0.25) is 0 Å². The van der Waals surface area contributed by atoms with Crippen molar-refractivity contribution in [3.05, 3.63) is 33.6 Å². The molecule has 0 radical (unpaired) electrons. The van der Waals surface area contributed by atoms with E-state index < -0.39 is 36.2 Å². The third-order valence-corrected chi connectivity index (χ3v) is 7.41. The number of anilines is 1. The molecule has 3 rings (SSSR count). The van der Waals surface area contributed by atoms with Gasteiger partial charge >= 0.3 is 18.0 Å². The lowest BCUT2D eigenvalue weighted by molar-refractivity contribution is -0.139. The first kappa shape index (κ1) is 27.5. The maximum atomic E-state index is 13.0. The molecule has 1 aromatic heterocycles. The fraction of sp³-hybridized carbons (Fsp3) is 0.417. The monoisotopic (exact) mass is 582 g/mol. The van der Waals surface area contributed by atoms with Crippen LogP contribution in [0.5, 0.6) is 5.75 Å². The molecule has 0 saturated carbocycles. The summed E-state index contributed by atoms with van der Waals surface area (Å²) >= 11 is 4.26. The number of amides is 2. The zero-order valence-electron chi connectivity index (χ0n) is 20.0. The highest BCUT2D eigenvalue weighted by Crippen LogP contribution is 2.46. The van der Waals surface area contributed by atoms with Gasteiger partial charge in [0.1, 0.15) is 5.60 Å². The number of hydrogen-bond donors (Lipinski definition) is 3. The van der Waals surface area contributed by atoms with Crippen LogP contribution in [0.3, 0.4) is 0 Å². The Morgan fingerprint density at radius 3 is 2.58 bits per heavy atom. The molecule has 1 aromatic carbocycles. The van der Waals surface area contributed by atoms with E-state index in [4.69, 9.17) is 14.6 Å². The lowest BCUT2D eigenvalue weighted by Crippen LogP contribution is -2.45. The maximum absolute atomic E-state index is 13.0. The van der Waals surface area contributed by atoms with Crippen molar-refractivity contribution in [1.82, 2.24) is 4.90 Å². The summed E-state index contributed by atoms with van der Waals surface area (Å²) in [5.41, 5.74) is 0.482. The Hall–Kier alpha value is -3.12. The van der Waals surface area contributed by atoms with Crippen LogP contribution in [-0.4, -0.2) is 64.3 Å². The molecule has 194 valence electrons. The minimum atomic E-state index is -1.25. The number of carboxylic acids is 2. The van der Waals surface area contributed by atoms with Crippen LogP contribution in [-0.2, 0) is 14.3 Å². The van der Waals surface area contributed by atoms with Crippen molar-refractivity contribution in [3.8, 4) is 16.2 Å². The van der Waals surface area contributed by atoms with Gasteiger partial charge in [0, 0.05) is 18.8 Å². The van der Waals surface area contributed by atoms with Crippen molar-refractivity contribution in [3.63, 3.8) is 0 Å². The number of carbonyl (C=O) groups is 4. The van der Waals surface area contributed by atoms with E-state index in [9.17, 15) is 24.3 Å². The van der Waals surface area contributed by atoms with Gasteiger partial charge in [0.2, 0.25) is 5.91 Å². The summed E-state index contributed by atoms with van der Waals surface area (Å²) < 4.78 is 10.9. The first-order valence-corrected chi connectivity index (χ1v) is 12.8. The fourth-order valence-electron chi connectivity index (χ4n) is 3.65. The number of benzene rings is 1. The first-order chi connectivity index (χ1) is 16.9. The molecule has 36 heavy (non-hydrogen) atoms. The Labute approximate surface area is 220 Å². The average molecular weight is 583 g/mol. The van der Waals surface area contributed by atoms with E-state index in [2.05, 4.69) is 21.2 Å². The number of aromatic carboxylic acids is 1. The fourth-order valence-corrected chi connectivity index (χ4v) is 5.54. The number of halogens is 1. The number of carboxylic acid groups (broad SMARTS) is 2. The van der Waals surface area contributed by atoms with Gasteiger partial charge in [-0.25, -0.2) is 14.4 Å². The standard InChI is InChI=1S/C24H27BrN2O8S/c1-24(2,3)35-23(33)27-9-5-7-14(11-27)21(30)26-15-8-4-6-13(10-15)19-17(25)18(34-12-16(28)29)20(36-19)22(31)32/h4,6,8,10,14H,5,7,9,11-12H2,1-3H3,(H,26,30)(H,28,29)(H,31,32). The number of nitrogens with one attached hydrogen (secondary N) is 1. The molecule has 1 aliphatic heterocycles. The van der Waals surface area contributed by atoms with E-state index in [0.29, 0.717) is 40.0 Å². The van der Waals surface area contributed by atoms with Gasteiger partial charge in [-0.1, -0.05) is 12.1 Å². The molecule has 12 heteroatoms. The minimum absolute atomic E-state index is 0.0659. The lowest BCUT2D eigenvalue weighted by Gasteiger charge is -2.33. The van der Waals surface area contributed by atoms with Crippen molar-refractivity contribution in [2.45, 2.75) is 39.2 Å². The van der Waals surface area contributed by atoms with Crippen LogP contribution < -0.4 is 10.1 Å². The third kappa shape index (κ3) is 6.97. The molecule has 1 saturated heterocycles. The minimum Gasteiger partial charge on any atom is -0.479 e. The number of ether oxygens (including phenoxy) is 2. The Kier molecular flexibility index (Phi) is 8.62. The van der Waals surface area contributed by atoms with E-state index in [1.54, 1.807) is 49.9 Å². The van der Waals surface area contributed by atoms with Crippen LogP contribution in [0.4, 0.5) is 10.5 Å². The Bertz CT molecular complexity index is 1170. The molecule has 2 amide bonds. The van der Waals surface area contributed by atoms with Crippen molar-refractivity contribution in [2.75, 3.05) is 25.0 Å². The van der Waals surface area contributed by atoms with Gasteiger partial charge in [-0.3, -0.25) is 4.79 Å². The summed E-state index contributed by atoms with van der Waals surface area (Å²) in [6.07, 6.45) is 0.865. The number of piperidine rings is 1. The number of thiophene rings is 1. The summed E-state index contributed by atoms with van der Waals surface area (Å²) in [6, 6.07) is 6.85. The number of hydrogen-bond acceptors (Lipinski definition) is 7. The second-order valence-corrected chi connectivity index (χ2v) is 11.0. The number of carbonyl (C=O) groups excluding carboxylic acids is 2. The highest BCUT2D eigenvalue weighted by molar-refractivity contribution is 9.10. The lowest BCUT2D eigenvalue weighted by atomic mass is 9.97. The number of likely N-dealkylation sites (tertiary alicyclic amines) is 1. The zero-order valence-corrected chi connectivity index (χ0v) is 22.4. The maximum Gasteiger partial charge on any atom is 0.410 e. The smallest absolute Gasteiger partial charge is 0.410 e. The predicted octanol–water partition coefficient (Wildman–Crippen LogP) is 4.92. The molecule has 10 nitrogen and oxygen atoms in total. The summed E-state index contributed by atoms with van der Waals surface area (Å²) in [4.78, 5) is 49.9. The summed E-state index contributed by atoms with van der Waals surface area (Å²) in [5.74, 6) is -3.18. The van der Waals surface area contributed by atoms with Gasteiger partial charge in [-0.15, -0.1) is 11.3 Å². The Balaban J connectivity index is 1.76. The van der Waals surface area contributed by atoms with Gasteiger partial charge < -0.3 is 29.9 Å². The number of aliphatic carboxylic acids is 1. The second kappa shape index (κ2) is 11.3. The van der Waals surface area contributed by atoms with Crippen LogP contribution in [0.15, 0.2) is 28.7 Å². The molecular weight excluding hydrogens is 556 g/mol. The van der Waals surface area contributed by atoms with E-state index in [1.807, 2.05) is 0 Å². The molecule has 1 atom stereocenters. The number of rotatable bonds is 7. The number of nitrogens with zero attached hydrogens (tertiary/aromatic N) is 1. The summed E-state index contributed by atoms with van der Waals surface area (Å²) in [6.45, 7) is 5.46. The molecule has 2 aromatic rings. The molecule has 1 aliphatic rings. The SMILES string of the molecule is CC(C)(C)OC(=O)N1CCCC(C(=O)Nc2cccc(-c3sc(C(=O)O)c(OCC(=O)O)c3Br)c2)C1. The largest absolute Gasteiger partial charge is 0.479 e.